The van der Waals surface area contributed by atoms with Gasteiger partial charge in [-0.3, -0.25) is 9.69 Å². The first kappa shape index (κ1) is 14.2. The van der Waals surface area contributed by atoms with Gasteiger partial charge in [0.1, 0.15) is 0 Å². The first-order chi connectivity index (χ1) is 10.8. The molecule has 0 bridgehead atoms. The van der Waals surface area contributed by atoms with Gasteiger partial charge in [0.05, 0.1) is 11.6 Å². The molecule has 1 heterocycles. The van der Waals surface area contributed by atoms with Crippen LogP contribution >= 0.6 is 0 Å². The van der Waals surface area contributed by atoms with Crippen molar-refractivity contribution in [3.8, 4) is 6.07 Å². The highest BCUT2D eigenvalue weighted by molar-refractivity contribution is 6.10. The largest absolute Gasteiger partial charge is 0.292 e. The highest BCUT2D eigenvalue weighted by atomic mass is 16.1. The molecular formula is C19H16N2O. The second kappa shape index (κ2) is 6.38. The number of rotatable bonds is 4. The van der Waals surface area contributed by atoms with Crippen molar-refractivity contribution in [3.05, 3.63) is 82.9 Å². The van der Waals surface area contributed by atoms with Crippen LogP contribution in [-0.4, -0.2) is 23.8 Å². The van der Waals surface area contributed by atoms with Crippen molar-refractivity contribution in [3.63, 3.8) is 0 Å². The Morgan fingerprint density at radius 1 is 1.09 bits per heavy atom. The van der Waals surface area contributed by atoms with Crippen molar-refractivity contribution in [2.24, 2.45) is 0 Å². The van der Waals surface area contributed by atoms with Gasteiger partial charge in [-0.05, 0) is 23.8 Å². The molecule has 0 radical (unpaired) electrons. The molecule has 0 saturated carbocycles. The summed E-state index contributed by atoms with van der Waals surface area (Å²) in [6.45, 7) is 2.74. The molecule has 3 heteroatoms. The van der Waals surface area contributed by atoms with Crippen molar-refractivity contribution in [1.82, 2.24) is 4.90 Å². The molecule has 0 N–H and O–H groups in total. The van der Waals surface area contributed by atoms with Crippen LogP contribution in [0.3, 0.4) is 0 Å². The zero-order valence-corrected chi connectivity index (χ0v) is 12.2. The highest BCUT2D eigenvalue weighted by Crippen LogP contribution is 2.16. The molecule has 0 saturated heterocycles. The van der Waals surface area contributed by atoms with Gasteiger partial charge >= 0.3 is 0 Å². The number of ketones is 1. The zero-order valence-electron chi connectivity index (χ0n) is 12.2. The predicted octanol–water partition coefficient (Wildman–Crippen LogP) is 3.16. The van der Waals surface area contributed by atoms with E-state index >= 15 is 0 Å². The van der Waals surface area contributed by atoms with Gasteiger partial charge < -0.3 is 0 Å². The van der Waals surface area contributed by atoms with E-state index in [4.69, 9.17) is 5.26 Å². The smallest absolute Gasteiger partial charge is 0.194 e. The molecule has 0 fully saturated rings. The van der Waals surface area contributed by atoms with Gasteiger partial charge in [-0.2, -0.15) is 5.26 Å². The summed E-state index contributed by atoms with van der Waals surface area (Å²) >= 11 is 0. The molecule has 108 valence electrons. The Bertz CT molecular complexity index is 763. The molecule has 0 atom stereocenters. The number of hydrogen-bond donors (Lipinski definition) is 0. The van der Waals surface area contributed by atoms with Crippen LogP contribution in [0.15, 0.2) is 60.7 Å². The van der Waals surface area contributed by atoms with Crippen molar-refractivity contribution in [2.75, 3.05) is 13.1 Å². The molecule has 1 aliphatic heterocycles. The third-order valence-electron chi connectivity index (χ3n) is 3.78. The lowest BCUT2D eigenvalue weighted by molar-refractivity contribution is 0.103. The SMILES string of the molecule is N#Cc1ccccc1C(=O)c1cccc(CN2CC=CC2)c1. The average Bonchev–Trinajstić information content (AvgIpc) is 3.07. The van der Waals surface area contributed by atoms with E-state index in [-0.39, 0.29) is 5.78 Å². The summed E-state index contributed by atoms with van der Waals surface area (Å²) in [4.78, 5) is 14.9. The molecule has 0 spiro atoms. The summed E-state index contributed by atoms with van der Waals surface area (Å²) in [6.07, 6.45) is 4.30. The Kier molecular flexibility index (Phi) is 4.13. The third kappa shape index (κ3) is 2.98. The van der Waals surface area contributed by atoms with Crippen LogP contribution in [0, 0.1) is 11.3 Å². The van der Waals surface area contributed by atoms with Crippen molar-refractivity contribution >= 4 is 5.78 Å². The van der Waals surface area contributed by atoms with Crippen LogP contribution in [0.5, 0.6) is 0 Å². The summed E-state index contributed by atoms with van der Waals surface area (Å²) in [6, 6.07) is 16.7. The Hall–Kier alpha value is -2.70. The van der Waals surface area contributed by atoms with E-state index in [2.05, 4.69) is 23.1 Å². The molecule has 0 amide bonds. The lowest BCUT2D eigenvalue weighted by Crippen LogP contribution is -2.19. The minimum absolute atomic E-state index is 0.0986. The highest BCUT2D eigenvalue weighted by Gasteiger charge is 2.14. The molecular weight excluding hydrogens is 272 g/mol. The number of carbonyl (C=O) groups is 1. The van der Waals surface area contributed by atoms with Crippen LogP contribution < -0.4 is 0 Å². The summed E-state index contributed by atoms with van der Waals surface area (Å²) in [5, 5.41) is 9.14. The molecule has 2 aromatic carbocycles. The van der Waals surface area contributed by atoms with E-state index in [0.29, 0.717) is 16.7 Å². The maximum Gasteiger partial charge on any atom is 0.194 e. The number of nitriles is 1. The van der Waals surface area contributed by atoms with Crippen LogP contribution in [0.25, 0.3) is 0 Å². The molecule has 3 nitrogen and oxygen atoms in total. The van der Waals surface area contributed by atoms with E-state index in [1.54, 1.807) is 24.3 Å². The van der Waals surface area contributed by atoms with Crippen LogP contribution in [0.1, 0.15) is 27.0 Å². The standard InChI is InChI=1S/C19H16N2O/c20-13-17-7-1-2-9-18(17)19(22)16-8-5-6-15(12-16)14-21-10-3-4-11-21/h1-9,12H,10-11,14H2. The van der Waals surface area contributed by atoms with E-state index in [1.807, 2.05) is 24.3 Å². The Balaban J connectivity index is 1.85. The van der Waals surface area contributed by atoms with Gasteiger partial charge in [-0.1, -0.05) is 42.5 Å². The molecule has 0 aliphatic carbocycles. The van der Waals surface area contributed by atoms with E-state index in [1.165, 1.54) is 0 Å². The van der Waals surface area contributed by atoms with E-state index in [9.17, 15) is 4.79 Å². The summed E-state index contributed by atoms with van der Waals surface area (Å²) in [7, 11) is 0. The zero-order chi connectivity index (χ0) is 15.4. The monoisotopic (exact) mass is 288 g/mol. The van der Waals surface area contributed by atoms with Gasteiger partial charge in [-0.15, -0.1) is 0 Å². The van der Waals surface area contributed by atoms with Gasteiger partial charge in [-0.25, -0.2) is 0 Å². The van der Waals surface area contributed by atoms with Gasteiger partial charge in [0.2, 0.25) is 0 Å². The second-order valence-corrected chi connectivity index (χ2v) is 5.35. The first-order valence-electron chi connectivity index (χ1n) is 7.28. The summed E-state index contributed by atoms with van der Waals surface area (Å²) < 4.78 is 0. The fourth-order valence-electron chi connectivity index (χ4n) is 2.65. The predicted molar refractivity (Wildman–Crippen MR) is 85.4 cm³/mol. The quantitative estimate of drug-likeness (QED) is 0.641. The Morgan fingerprint density at radius 3 is 2.64 bits per heavy atom. The third-order valence-corrected chi connectivity index (χ3v) is 3.78. The fraction of sp³-hybridized carbons (Fsp3) is 0.158. The van der Waals surface area contributed by atoms with Gasteiger partial charge in [0.25, 0.3) is 0 Å². The van der Waals surface area contributed by atoms with E-state index in [0.717, 1.165) is 25.2 Å². The maximum absolute atomic E-state index is 12.6. The summed E-state index contributed by atoms with van der Waals surface area (Å²) in [5.74, 6) is -0.0986. The first-order valence-corrected chi connectivity index (χ1v) is 7.28. The number of benzene rings is 2. The Morgan fingerprint density at radius 2 is 1.86 bits per heavy atom. The minimum Gasteiger partial charge on any atom is -0.292 e. The molecule has 2 aromatic rings. The van der Waals surface area contributed by atoms with Crippen molar-refractivity contribution < 1.29 is 4.79 Å². The van der Waals surface area contributed by atoms with E-state index < -0.39 is 0 Å². The molecule has 3 rings (SSSR count). The number of nitrogens with zero attached hydrogens (tertiary/aromatic N) is 2. The van der Waals surface area contributed by atoms with Crippen LogP contribution in [-0.2, 0) is 6.54 Å². The second-order valence-electron chi connectivity index (χ2n) is 5.35. The van der Waals surface area contributed by atoms with Gasteiger partial charge in [0, 0.05) is 30.8 Å². The normalized spacial score (nSPS) is 14.0. The Labute approximate surface area is 130 Å². The molecule has 0 aromatic heterocycles. The van der Waals surface area contributed by atoms with Crippen molar-refractivity contribution in [1.29, 1.82) is 5.26 Å². The molecule has 1 aliphatic rings. The van der Waals surface area contributed by atoms with Gasteiger partial charge in [0.15, 0.2) is 5.78 Å². The topological polar surface area (TPSA) is 44.1 Å². The van der Waals surface area contributed by atoms with Crippen LogP contribution in [0.2, 0.25) is 0 Å². The lowest BCUT2D eigenvalue weighted by Gasteiger charge is -2.15. The number of carbonyl (C=O) groups excluding carboxylic acids is 1. The van der Waals surface area contributed by atoms with Crippen molar-refractivity contribution in [2.45, 2.75) is 6.54 Å². The summed E-state index contributed by atoms with van der Waals surface area (Å²) in [5.41, 5.74) is 2.63. The minimum atomic E-state index is -0.0986. The maximum atomic E-state index is 12.6. The fourth-order valence-corrected chi connectivity index (χ4v) is 2.65. The molecule has 22 heavy (non-hydrogen) atoms. The van der Waals surface area contributed by atoms with Crippen LogP contribution in [0.4, 0.5) is 0 Å². The lowest BCUT2D eigenvalue weighted by atomic mass is 9.97. The number of hydrogen-bond acceptors (Lipinski definition) is 3. The average molecular weight is 288 g/mol. The molecule has 0 unspecified atom stereocenters.